The molecule has 0 bridgehead atoms. The van der Waals surface area contributed by atoms with E-state index >= 15 is 0 Å². The molecule has 0 spiro atoms. The van der Waals surface area contributed by atoms with Crippen molar-refractivity contribution in [3.63, 3.8) is 0 Å². The number of hydrogen-bond acceptors (Lipinski definition) is 3. The lowest BCUT2D eigenvalue weighted by molar-refractivity contribution is 0.0744. The van der Waals surface area contributed by atoms with E-state index in [9.17, 15) is 10.1 Å². The molecule has 0 saturated carbocycles. The van der Waals surface area contributed by atoms with Crippen molar-refractivity contribution in [1.82, 2.24) is 14.7 Å². The fourth-order valence-electron chi connectivity index (χ4n) is 2.70. The molecule has 6 heteroatoms. The van der Waals surface area contributed by atoms with Crippen molar-refractivity contribution >= 4 is 17.5 Å². The van der Waals surface area contributed by atoms with Crippen LogP contribution in [0.3, 0.4) is 0 Å². The number of nitrogens with zero attached hydrogens (tertiary/aromatic N) is 4. The van der Waals surface area contributed by atoms with Crippen LogP contribution in [-0.4, -0.2) is 20.6 Å². The average molecular weight is 301 g/mol. The van der Waals surface area contributed by atoms with Gasteiger partial charge in [-0.25, -0.2) is 0 Å². The van der Waals surface area contributed by atoms with E-state index in [4.69, 9.17) is 11.6 Å². The number of amides is 1. The highest BCUT2D eigenvalue weighted by Crippen LogP contribution is 2.38. The number of nitriles is 1. The van der Waals surface area contributed by atoms with E-state index in [1.165, 1.54) is 0 Å². The van der Waals surface area contributed by atoms with Crippen LogP contribution in [0.1, 0.15) is 33.1 Å². The maximum atomic E-state index is 12.6. The monoisotopic (exact) mass is 300 g/mol. The van der Waals surface area contributed by atoms with Crippen molar-refractivity contribution in [2.75, 3.05) is 0 Å². The van der Waals surface area contributed by atoms with Crippen LogP contribution in [0.25, 0.3) is 0 Å². The minimum Gasteiger partial charge on any atom is -0.314 e. The first-order valence-electron chi connectivity index (χ1n) is 6.50. The van der Waals surface area contributed by atoms with Crippen LogP contribution in [0, 0.1) is 18.3 Å². The number of aromatic nitrogens is 2. The Morgan fingerprint density at radius 2 is 2.24 bits per heavy atom. The highest BCUT2D eigenvalue weighted by molar-refractivity contribution is 6.32. The summed E-state index contributed by atoms with van der Waals surface area (Å²) in [4.78, 5) is 14.2. The largest absolute Gasteiger partial charge is 0.314 e. The molecule has 106 valence electrons. The Kier molecular flexibility index (Phi) is 3.19. The van der Waals surface area contributed by atoms with Gasteiger partial charge in [-0.3, -0.25) is 9.48 Å². The quantitative estimate of drug-likeness (QED) is 0.856. The highest BCUT2D eigenvalue weighted by Gasteiger charge is 2.38. The van der Waals surface area contributed by atoms with Crippen molar-refractivity contribution < 1.29 is 4.79 Å². The molecule has 0 N–H and O–H groups in total. The molecule has 2 aromatic rings. The lowest BCUT2D eigenvalue weighted by Crippen LogP contribution is -2.26. The van der Waals surface area contributed by atoms with Crippen LogP contribution in [0.4, 0.5) is 0 Å². The third-order valence-electron chi connectivity index (χ3n) is 3.75. The number of hydrogen-bond donors (Lipinski definition) is 0. The lowest BCUT2D eigenvalue weighted by Gasteiger charge is -2.19. The van der Waals surface area contributed by atoms with Gasteiger partial charge >= 0.3 is 0 Å². The number of benzene rings is 1. The Morgan fingerprint density at radius 1 is 1.48 bits per heavy atom. The summed E-state index contributed by atoms with van der Waals surface area (Å²) in [5.41, 5.74) is 2.90. The average Bonchev–Trinajstić information content (AvgIpc) is 2.98. The van der Waals surface area contributed by atoms with Crippen molar-refractivity contribution in [2.24, 2.45) is 7.05 Å². The second-order valence-corrected chi connectivity index (χ2v) is 5.53. The minimum atomic E-state index is -0.580. The van der Waals surface area contributed by atoms with E-state index in [0.717, 1.165) is 16.7 Å². The Balaban J connectivity index is 2.03. The molecule has 1 aromatic heterocycles. The summed E-state index contributed by atoms with van der Waals surface area (Å²) in [6.07, 6.45) is 3.54. The van der Waals surface area contributed by atoms with Crippen molar-refractivity contribution in [1.29, 1.82) is 5.26 Å². The van der Waals surface area contributed by atoms with Crippen LogP contribution in [-0.2, 0) is 13.6 Å². The molecule has 21 heavy (non-hydrogen) atoms. The van der Waals surface area contributed by atoms with Crippen LogP contribution >= 0.6 is 11.6 Å². The summed E-state index contributed by atoms with van der Waals surface area (Å²) in [7, 11) is 1.82. The zero-order valence-electron chi connectivity index (χ0n) is 11.7. The molecule has 1 aliphatic rings. The van der Waals surface area contributed by atoms with Gasteiger partial charge in [0.1, 0.15) is 6.04 Å². The van der Waals surface area contributed by atoms with Gasteiger partial charge in [-0.2, -0.15) is 10.4 Å². The summed E-state index contributed by atoms with van der Waals surface area (Å²) in [6, 6.07) is 5.13. The zero-order chi connectivity index (χ0) is 15.1. The second-order valence-electron chi connectivity index (χ2n) is 5.12. The SMILES string of the molecule is Cc1c(Cl)ccc2c1C(=O)N(Cc1cnn(C)c1)C2C#N. The van der Waals surface area contributed by atoms with E-state index in [-0.39, 0.29) is 5.91 Å². The third kappa shape index (κ3) is 2.08. The van der Waals surface area contributed by atoms with E-state index in [1.807, 2.05) is 13.2 Å². The first-order chi connectivity index (χ1) is 10.0. The number of fused-ring (bicyclic) bond motifs is 1. The molecule has 1 amide bonds. The molecule has 0 fully saturated rings. The lowest BCUT2D eigenvalue weighted by atomic mass is 10.0. The molecule has 1 aliphatic heterocycles. The molecular weight excluding hydrogens is 288 g/mol. The van der Waals surface area contributed by atoms with E-state index in [1.54, 1.807) is 34.8 Å². The zero-order valence-corrected chi connectivity index (χ0v) is 12.4. The van der Waals surface area contributed by atoms with Gasteiger partial charge in [-0.1, -0.05) is 17.7 Å². The Bertz CT molecular complexity index is 774. The Hall–Kier alpha value is -2.32. The van der Waals surface area contributed by atoms with Crippen LogP contribution in [0.5, 0.6) is 0 Å². The number of aryl methyl sites for hydroxylation is 1. The predicted molar refractivity (Wildman–Crippen MR) is 77.6 cm³/mol. The van der Waals surface area contributed by atoms with Crippen LogP contribution < -0.4 is 0 Å². The first-order valence-corrected chi connectivity index (χ1v) is 6.88. The fourth-order valence-corrected chi connectivity index (χ4v) is 2.86. The Labute approximate surface area is 127 Å². The first kappa shape index (κ1) is 13.7. The summed E-state index contributed by atoms with van der Waals surface area (Å²) in [5, 5.41) is 14.1. The molecule has 0 radical (unpaired) electrons. The van der Waals surface area contributed by atoms with Gasteiger partial charge in [-0.15, -0.1) is 0 Å². The van der Waals surface area contributed by atoms with Gasteiger partial charge < -0.3 is 4.90 Å². The fraction of sp³-hybridized carbons (Fsp3) is 0.267. The molecule has 5 nitrogen and oxygen atoms in total. The van der Waals surface area contributed by atoms with Gasteiger partial charge in [0, 0.05) is 29.4 Å². The molecular formula is C15H13ClN4O. The summed E-state index contributed by atoms with van der Waals surface area (Å²) in [6.45, 7) is 2.16. The summed E-state index contributed by atoms with van der Waals surface area (Å²) >= 11 is 6.09. The van der Waals surface area contributed by atoms with Crippen molar-refractivity contribution in [2.45, 2.75) is 19.5 Å². The van der Waals surface area contributed by atoms with Gasteiger partial charge in [0.05, 0.1) is 24.4 Å². The van der Waals surface area contributed by atoms with Crippen molar-refractivity contribution in [3.05, 3.63) is 51.8 Å². The highest BCUT2D eigenvalue weighted by atomic mass is 35.5. The molecule has 2 heterocycles. The smallest absolute Gasteiger partial charge is 0.256 e. The van der Waals surface area contributed by atoms with E-state index in [0.29, 0.717) is 17.1 Å². The van der Waals surface area contributed by atoms with Crippen molar-refractivity contribution in [3.8, 4) is 6.07 Å². The van der Waals surface area contributed by atoms with Gasteiger partial charge in [0.15, 0.2) is 0 Å². The van der Waals surface area contributed by atoms with Gasteiger partial charge in [0.25, 0.3) is 5.91 Å². The molecule has 0 saturated heterocycles. The Morgan fingerprint density at radius 3 is 2.86 bits per heavy atom. The van der Waals surface area contributed by atoms with Gasteiger partial charge in [0.2, 0.25) is 0 Å². The predicted octanol–water partition coefficient (Wildman–Crippen LogP) is 2.60. The maximum Gasteiger partial charge on any atom is 0.256 e. The number of halogens is 1. The van der Waals surface area contributed by atoms with Crippen LogP contribution in [0.15, 0.2) is 24.5 Å². The number of carbonyl (C=O) groups is 1. The summed E-state index contributed by atoms with van der Waals surface area (Å²) in [5.74, 6) is -0.152. The number of rotatable bonds is 2. The molecule has 1 atom stereocenters. The molecule has 3 rings (SSSR count). The summed E-state index contributed by atoms with van der Waals surface area (Å²) < 4.78 is 1.67. The second kappa shape index (κ2) is 4.90. The third-order valence-corrected chi connectivity index (χ3v) is 4.16. The molecule has 1 aromatic carbocycles. The number of carbonyl (C=O) groups excluding carboxylic acids is 1. The normalized spacial score (nSPS) is 17.0. The topological polar surface area (TPSA) is 61.9 Å². The molecule has 1 unspecified atom stereocenters. The van der Waals surface area contributed by atoms with Crippen LogP contribution in [0.2, 0.25) is 5.02 Å². The van der Waals surface area contributed by atoms with E-state index in [2.05, 4.69) is 11.2 Å². The van der Waals surface area contributed by atoms with E-state index < -0.39 is 6.04 Å². The van der Waals surface area contributed by atoms with Gasteiger partial charge in [-0.05, 0) is 18.6 Å². The minimum absolute atomic E-state index is 0.152. The standard InChI is InChI=1S/C15H13ClN4O/c1-9-12(16)4-3-11-13(5-17)20(15(21)14(9)11)8-10-6-18-19(2)7-10/h3-4,6-7,13H,8H2,1-2H3. The maximum absolute atomic E-state index is 12.6. The molecule has 0 aliphatic carbocycles.